The summed E-state index contributed by atoms with van der Waals surface area (Å²) in [6, 6.07) is 5.94. The Morgan fingerprint density at radius 2 is 1.24 bits per heavy atom. The van der Waals surface area contributed by atoms with Crippen LogP contribution in [0.2, 0.25) is 0 Å². The van der Waals surface area contributed by atoms with Gasteiger partial charge in [-0.05, 0) is 18.2 Å². The van der Waals surface area contributed by atoms with Crippen molar-refractivity contribution in [1.29, 1.82) is 0 Å². The van der Waals surface area contributed by atoms with Gasteiger partial charge in [0, 0.05) is 16.7 Å². The third kappa shape index (κ3) is 2.26. The lowest BCUT2D eigenvalue weighted by molar-refractivity contribution is 0.344. The molecule has 6 heteroatoms. The highest BCUT2D eigenvalue weighted by atomic mass is 16.5. The van der Waals surface area contributed by atoms with Crippen molar-refractivity contribution >= 4 is 17.7 Å². The van der Waals surface area contributed by atoms with Gasteiger partial charge in [-0.1, -0.05) is 0 Å². The topological polar surface area (TPSA) is 64.8 Å². The van der Waals surface area contributed by atoms with Crippen molar-refractivity contribution in [2.75, 3.05) is 39.5 Å². The smallest absolute Gasteiger partial charge is 0.217 e. The van der Waals surface area contributed by atoms with Gasteiger partial charge in [0.05, 0.1) is 19.6 Å². The van der Waals surface area contributed by atoms with Gasteiger partial charge in [-0.15, -0.1) is 0 Å². The van der Waals surface area contributed by atoms with Gasteiger partial charge in [-0.2, -0.15) is 0 Å². The van der Waals surface area contributed by atoms with Crippen molar-refractivity contribution < 1.29 is 14.2 Å². The van der Waals surface area contributed by atoms with E-state index in [0.29, 0.717) is 57.1 Å². The van der Waals surface area contributed by atoms with E-state index in [1.165, 1.54) is 0 Å². The highest BCUT2D eigenvalue weighted by Crippen LogP contribution is 2.21. The lowest BCUT2D eigenvalue weighted by Gasteiger charge is -2.11. The molecule has 4 rings (SSSR count). The van der Waals surface area contributed by atoms with Crippen LogP contribution in [0.4, 0.5) is 0 Å². The fourth-order valence-corrected chi connectivity index (χ4v) is 2.55. The summed E-state index contributed by atoms with van der Waals surface area (Å²) in [5.74, 6) is 1.98. The predicted molar refractivity (Wildman–Crippen MR) is 78.5 cm³/mol. The average molecular weight is 285 g/mol. The first-order valence-electron chi connectivity index (χ1n) is 7.09. The first-order valence-corrected chi connectivity index (χ1v) is 7.09. The van der Waals surface area contributed by atoms with E-state index < -0.39 is 0 Å². The first-order chi connectivity index (χ1) is 10.4. The van der Waals surface area contributed by atoms with Gasteiger partial charge in [0.15, 0.2) is 0 Å². The van der Waals surface area contributed by atoms with Crippen molar-refractivity contribution in [2.45, 2.75) is 0 Å². The third-order valence-electron chi connectivity index (χ3n) is 3.48. The monoisotopic (exact) mass is 285 g/mol. The Bertz CT molecular complexity index is 664. The summed E-state index contributed by atoms with van der Waals surface area (Å²) >= 11 is 0. The van der Waals surface area contributed by atoms with Crippen LogP contribution in [0.1, 0.15) is 16.7 Å². The minimum Gasteiger partial charge on any atom is -0.476 e. The van der Waals surface area contributed by atoms with E-state index in [1.54, 1.807) is 0 Å². The first kappa shape index (κ1) is 12.4. The Balaban J connectivity index is 1.79. The highest BCUT2D eigenvalue weighted by Gasteiger charge is 2.23. The largest absolute Gasteiger partial charge is 0.476 e. The summed E-state index contributed by atoms with van der Waals surface area (Å²) in [4.78, 5) is 13.1. The molecule has 0 saturated carbocycles. The standard InChI is InChI=1S/C15H15N3O3/c1-2-11(14-17-4-7-20-14)12(15-18-5-8-21-15)9-10(1)13-16-3-6-19-13/h1-2,9H,3-8H2. The van der Waals surface area contributed by atoms with E-state index in [4.69, 9.17) is 14.2 Å². The summed E-state index contributed by atoms with van der Waals surface area (Å²) < 4.78 is 16.7. The van der Waals surface area contributed by atoms with Gasteiger partial charge < -0.3 is 14.2 Å². The molecule has 0 N–H and O–H groups in total. The fourth-order valence-electron chi connectivity index (χ4n) is 2.55. The van der Waals surface area contributed by atoms with Crippen LogP contribution in [0.15, 0.2) is 33.2 Å². The minimum absolute atomic E-state index is 0.615. The molecule has 0 fully saturated rings. The van der Waals surface area contributed by atoms with Crippen molar-refractivity contribution in [3.8, 4) is 0 Å². The second-order valence-electron chi connectivity index (χ2n) is 4.87. The van der Waals surface area contributed by atoms with E-state index in [9.17, 15) is 0 Å². The quantitative estimate of drug-likeness (QED) is 0.832. The summed E-state index contributed by atoms with van der Waals surface area (Å²) in [5.41, 5.74) is 2.74. The maximum atomic E-state index is 5.62. The molecule has 0 spiro atoms. The number of benzene rings is 1. The molecule has 1 aromatic rings. The maximum absolute atomic E-state index is 5.62. The number of hydrogen-bond acceptors (Lipinski definition) is 6. The highest BCUT2D eigenvalue weighted by molar-refractivity contribution is 6.09. The van der Waals surface area contributed by atoms with Gasteiger partial charge in [-0.3, -0.25) is 0 Å². The molecule has 0 saturated heterocycles. The summed E-state index contributed by atoms with van der Waals surface area (Å²) in [6.45, 7) is 3.96. The molecule has 1 aromatic carbocycles. The van der Waals surface area contributed by atoms with Gasteiger partial charge in [0.2, 0.25) is 17.7 Å². The molecule has 0 radical (unpaired) electrons. The van der Waals surface area contributed by atoms with Crippen molar-refractivity contribution in [3.63, 3.8) is 0 Å². The molecule has 3 heterocycles. The molecule has 108 valence electrons. The molecule has 0 atom stereocenters. The van der Waals surface area contributed by atoms with E-state index >= 15 is 0 Å². The van der Waals surface area contributed by atoms with Crippen LogP contribution in [-0.4, -0.2) is 57.1 Å². The van der Waals surface area contributed by atoms with Gasteiger partial charge in [-0.25, -0.2) is 15.0 Å². The molecule has 0 unspecified atom stereocenters. The van der Waals surface area contributed by atoms with Crippen molar-refractivity contribution in [2.24, 2.45) is 15.0 Å². The lowest BCUT2D eigenvalue weighted by Crippen LogP contribution is -2.13. The SMILES string of the molecule is c1cc(C2=NCCO2)c(C2=NCCO2)cc1C1=NCCO1. The number of ether oxygens (including phenoxy) is 3. The maximum Gasteiger partial charge on any atom is 0.217 e. The molecule has 0 bridgehead atoms. The predicted octanol–water partition coefficient (Wildman–Crippen LogP) is 1.02. The van der Waals surface area contributed by atoms with E-state index in [0.717, 1.165) is 16.7 Å². The zero-order valence-electron chi connectivity index (χ0n) is 11.5. The molecule has 0 aliphatic carbocycles. The Morgan fingerprint density at radius 1 is 0.667 bits per heavy atom. The second-order valence-corrected chi connectivity index (χ2v) is 4.87. The zero-order chi connectivity index (χ0) is 14.1. The van der Waals surface area contributed by atoms with Crippen molar-refractivity contribution in [3.05, 3.63) is 34.9 Å². The summed E-state index contributed by atoms with van der Waals surface area (Å²) in [7, 11) is 0. The molecule has 3 aliphatic rings. The fraction of sp³-hybridized carbons (Fsp3) is 0.400. The number of aliphatic imine (C=N–C) groups is 3. The molecule has 0 aromatic heterocycles. The van der Waals surface area contributed by atoms with E-state index in [-0.39, 0.29) is 0 Å². The van der Waals surface area contributed by atoms with Crippen molar-refractivity contribution in [1.82, 2.24) is 0 Å². The lowest BCUT2D eigenvalue weighted by atomic mass is 10.0. The Hall–Kier alpha value is -2.37. The van der Waals surface area contributed by atoms with Crippen LogP contribution < -0.4 is 0 Å². The molecule has 0 amide bonds. The summed E-state index contributed by atoms with van der Waals surface area (Å²) in [5, 5.41) is 0. The van der Waals surface area contributed by atoms with E-state index in [1.807, 2.05) is 18.2 Å². The van der Waals surface area contributed by atoms with Gasteiger partial charge >= 0.3 is 0 Å². The van der Waals surface area contributed by atoms with Gasteiger partial charge in [0.1, 0.15) is 19.8 Å². The number of nitrogens with zero attached hydrogens (tertiary/aromatic N) is 3. The second kappa shape index (κ2) is 5.20. The zero-order valence-corrected chi connectivity index (χ0v) is 11.5. The van der Waals surface area contributed by atoms with Crippen LogP contribution in [0, 0.1) is 0 Å². The Morgan fingerprint density at radius 3 is 1.81 bits per heavy atom. The third-order valence-corrected chi connectivity index (χ3v) is 3.48. The normalized spacial score (nSPS) is 20.3. The molecule has 21 heavy (non-hydrogen) atoms. The molecular weight excluding hydrogens is 270 g/mol. The van der Waals surface area contributed by atoms with Gasteiger partial charge in [0.25, 0.3) is 0 Å². The number of hydrogen-bond donors (Lipinski definition) is 0. The van der Waals surface area contributed by atoms with Crippen LogP contribution in [0.3, 0.4) is 0 Å². The molecule has 6 nitrogen and oxygen atoms in total. The van der Waals surface area contributed by atoms with Crippen LogP contribution in [0.5, 0.6) is 0 Å². The number of rotatable bonds is 3. The van der Waals surface area contributed by atoms with E-state index in [2.05, 4.69) is 15.0 Å². The van der Waals surface area contributed by atoms with Crippen LogP contribution in [0.25, 0.3) is 0 Å². The Kier molecular flexibility index (Phi) is 3.06. The molecule has 3 aliphatic heterocycles. The van der Waals surface area contributed by atoms with Crippen LogP contribution >= 0.6 is 0 Å². The molecular formula is C15H15N3O3. The van der Waals surface area contributed by atoms with Crippen LogP contribution in [-0.2, 0) is 14.2 Å². The summed E-state index contributed by atoms with van der Waals surface area (Å²) in [6.07, 6.45) is 0. The minimum atomic E-state index is 0.615. The Labute approximate surface area is 122 Å². The average Bonchev–Trinajstić information content (AvgIpc) is 3.28.